The van der Waals surface area contributed by atoms with Gasteiger partial charge in [-0.25, -0.2) is 4.39 Å². The Balaban J connectivity index is 1.99. The van der Waals surface area contributed by atoms with E-state index < -0.39 is 11.7 Å². The van der Waals surface area contributed by atoms with Gasteiger partial charge in [0.2, 0.25) is 0 Å². The van der Waals surface area contributed by atoms with Crippen molar-refractivity contribution in [1.29, 1.82) is 5.26 Å². The first-order valence-electron chi connectivity index (χ1n) is 8.54. The molecule has 1 N–H and O–H groups in total. The van der Waals surface area contributed by atoms with E-state index in [2.05, 4.69) is 12.2 Å². The average Bonchev–Trinajstić information content (AvgIpc) is 2.66. The van der Waals surface area contributed by atoms with Crippen molar-refractivity contribution in [3.63, 3.8) is 0 Å². The standard InChI is InChI=1S/C21H21FN2O2/c1-2-3-4-13-26-20-11-5-16(6-12-20)14-17(15-23)21(25)24-19-9-7-18(22)8-10-19/h5-12,14H,2-4,13H2,1H3,(H,24,25)/b17-14+. The third-order valence-corrected chi connectivity index (χ3v) is 3.67. The number of unbranched alkanes of at least 4 members (excludes halogenated alkanes) is 2. The number of benzene rings is 2. The third-order valence-electron chi connectivity index (χ3n) is 3.67. The van der Waals surface area contributed by atoms with E-state index in [1.807, 2.05) is 18.2 Å². The number of anilines is 1. The monoisotopic (exact) mass is 352 g/mol. The Bertz CT molecular complexity index is 790. The van der Waals surface area contributed by atoms with Gasteiger partial charge in [-0.2, -0.15) is 5.26 Å². The van der Waals surface area contributed by atoms with Gasteiger partial charge >= 0.3 is 0 Å². The van der Waals surface area contributed by atoms with E-state index in [0.717, 1.165) is 30.6 Å². The summed E-state index contributed by atoms with van der Waals surface area (Å²) >= 11 is 0. The number of amides is 1. The molecule has 26 heavy (non-hydrogen) atoms. The van der Waals surface area contributed by atoms with E-state index >= 15 is 0 Å². The number of nitriles is 1. The molecule has 0 heterocycles. The highest BCUT2D eigenvalue weighted by atomic mass is 19.1. The maximum Gasteiger partial charge on any atom is 0.266 e. The largest absolute Gasteiger partial charge is 0.494 e. The van der Waals surface area contributed by atoms with Crippen LogP contribution in [0.15, 0.2) is 54.1 Å². The van der Waals surface area contributed by atoms with Gasteiger partial charge in [0.1, 0.15) is 23.2 Å². The maximum atomic E-state index is 12.9. The second-order valence-electron chi connectivity index (χ2n) is 5.76. The first-order chi connectivity index (χ1) is 12.6. The highest BCUT2D eigenvalue weighted by Crippen LogP contribution is 2.16. The summed E-state index contributed by atoms with van der Waals surface area (Å²) < 4.78 is 18.5. The lowest BCUT2D eigenvalue weighted by molar-refractivity contribution is -0.112. The Morgan fingerprint density at radius 1 is 1.15 bits per heavy atom. The maximum absolute atomic E-state index is 12.9. The lowest BCUT2D eigenvalue weighted by Crippen LogP contribution is -2.13. The molecule has 0 unspecified atom stereocenters. The molecule has 1 amide bonds. The minimum absolute atomic E-state index is 0.0362. The summed E-state index contributed by atoms with van der Waals surface area (Å²) in [6, 6.07) is 14.4. The Labute approximate surface area is 152 Å². The Morgan fingerprint density at radius 2 is 1.85 bits per heavy atom. The zero-order valence-corrected chi connectivity index (χ0v) is 14.7. The summed E-state index contributed by atoms with van der Waals surface area (Å²) in [5.41, 5.74) is 1.11. The summed E-state index contributed by atoms with van der Waals surface area (Å²) in [7, 11) is 0. The van der Waals surface area contributed by atoms with Crippen molar-refractivity contribution in [3.8, 4) is 11.8 Å². The quantitative estimate of drug-likeness (QED) is 0.416. The van der Waals surface area contributed by atoms with Gasteiger partial charge in [-0.1, -0.05) is 31.9 Å². The van der Waals surface area contributed by atoms with Crippen LogP contribution in [0.5, 0.6) is 5.75 Å². The molecule has 2 rings (SSSR count). The van der Waals surface area contributed by atoms with Gasteiger partial charge in [0.05, 0.1) is 6.61 Å². The van der Waals surface area contributed by atoms with Gasteiger partial charge in [-0.3, -0.25) is 4.79 Å². The van der Waals surface area contributed by atoms with Crippen LogP contribution in [0.3, 0.4) is 0 Å². The molecule has 2 aromatic carbocycles. The van der Waals surface area contributed by atoms with Gasteiger partial charge < -0.3 is 10.1 Å². The molecule has 0 fully saturated rings. The van der Waals surface area contributed by atoms with E-state index in [4.69, 9.17) is 4.74 Å². The molecule has 0 aliphatic carbocycles. The highest BCUT2D eigenvalue weighted by Gasteiger charge is 2.09. The van der Waals surface area contributed by atoms with Crippen molar-refractivity contribution < 1.29 is 13.9 Å². The summed E-state index contributed by atoms with van der Waals surface area (Å²) in [4.78, 5) is 12.2. The van der Waals surface area contributed by atoms with Crippen LogP contribution in [0.25, 0.3) is 6.08 Å². The Hall–Kier alpha value is -3.13. The topological polar surface area (TPSA) is 62.1 Å². The fourth-order valence-corrected chi connectivity index (χ4v) is 2.25. The van der Waals surface area contributed by atoms with Gasteiger partial charge in [0.25, 0.3) is 5.91 Å². The molecular weight excluding hydrogens is 331 g/mol. The van der Waals surface area contributed by atoms with Gasteiger partial charge in [0.15, 0.2) is 0 Å². The minimum atomic E-state index is -0.543. The van der Waals surface area contributed by atoms with Crippen molar-refractivity contribution in [3.05, 3.63) is 65.5 Å². The predicted molar refractivity (Wildman–Crippen MR) is 100 cm³/mol. The first-order valence-corrected chi connectivity index (χ1v) is 8.54. The number of carbonyl (C=O) groups excluding carboxylic acids is 1. The van der Waals surface area contributed by atoms with Gasteiger partial charge in [-0.15, -0.1) is 0 Å². The van der Waals surface area contributed by atoms with Crippen molar-refractivity contribution in [2.24, 2.45) is 0 Å². The van der Waals surface area contributed by atoms with Crippen LogP contribution in [0.4, 0.5) is 10.1 Å². The van der Waals surface area contributed by atoms with Gasteiger partial charge in [0, 0.05) is 5.69 Å². The van der Waals surface area contributed by atoms with Crippen molar-refractivity contribution in [2.75, 3.05) is 11.9 Å². The van der Waals surface area contributed by atoms with Crippen LogP contribution in [0.1, 0.15) is 31.7 Å². The average molecular weight is 352 g/mol. The number of hydrogen-bond acceptors (Lipinski definition) is 3. The first kappa shape index (κ1) is 19.2. The predicted octanol–water partition coefficient (Wildman–Crippen LogP) is 4.94. The highest BCUT2D eigenvalue weighted by molar-refractivity contribution is 6.09. The van der Waals surface area contributed by atoms with Crippen molar-refractivity contribution >= 4 is 17.7 Å². The normalized spacial score (nSPS) is 10.9. The molecule has 4 nitrogen and oxygen atoms in total. The molecule has 2 aromatic rings. The molecule has 0 bridgehead atoms. The number of halogens is 1. The van der Waals surface area contributed by atoms with Crippen LogP contribution in [0, 0.1) is 17.1 Å². The smallest absolute Gasteiger partial charge is 0.266 e. The Morgan fingerprint density at radius 3 is 2.46 bits per heavy atom. The van der Waals surface area contributed by atoms with E-state index in [1.54, 1.807) is 12.1 Å². The fraction of sp³-hybridized carbons (Fsp3) is 0.238. The SMILES string of the molecule is CCCCCOc1ccc(/C=C(\C#N)C(=O)Nc2ccc(F)cc2)cc1. The zero-order chi connectivity index (χ0) is 18.8. The van der Waals surface area contributed by atoms with Crippen LogP contribution in [0.2, 0.25) is 0 Å². The van der Waals surface area contributed by atoms with Crippen molar-refractivity contribution in [1.82, 2.24) is 0 Å². The molecule has 0 radical (unpaired) electrons. The summed E-state index contributed by atoms with van der Waals surface area (Å²) in [5, 5.41) is 11.8. The number of carbonyl (C=O) groups is 1. The van der Waals surface area contributed by atoms with Gasteiger partial charge in [-0.05, 0) is 54.5 Å². The lowest BCUT2D eigenvalue weighted by atomic mass is 10.1. The molecule has 0 aliphatic rings. The lowest BCUT2D eigenvalue weighted by Gasteiger charge is -2.06. The van der Waals surface area contributed by atoms with E-state index in [-0.39, 0.29) is 5.57 Å². The molecule has 0 saturated carbocycles. The number of ether oxygens (including phenoxy) is 1. The molecule has 0 atom stereocenters. The van der Waals surface area contributed by atoms with E-state index in [9.17, 15) is 14.4 Å². The third kappa shape index (κ3) is 6.06. The van der Waals surface area contributed by atoms with E-state index in [0.29, 0.717) is 12.3 Å². The second-order valence-corrected chi connectivity index (χ2v) is 5.76. The van der Waals surface area contributed by atoms with Crippen LogP contribution in [-0.4, -0.2) is 12.5 Å². The van der Waals surface area contributed by atoms with Crippen LogP contribution in [-0.2, 0) is 4.79 Å². The fourth-order valence-electron chi connectivity index (χ4n) is 2.25. The molecule has 0 aliphatic heterocycles. The molecule has 0 spiro atoms. The minimum Gasteiger partial charge on any atom is -0.494 e. The number of nitrogens with one attached hydrogen (secondary N) is 1. The van der Waals surface area contributed by atoms with Crippen LogP contribution >= 0.6 is 0 Å². The number of nitrogens with zero attached hydrogens (tertiary/aromatic N) is 1. The molecule has 134 valence electrons. The van der Waals surface area contributed by atoms with Crippen molar-refractivity contribution in [2.45, 2.75) is 26.2 Å². The second kappa shape index (κ2) is 10.00. The number of rotatable bonds is 8. The molecule has 0 aromatic heterocycles. The summed E-state index contributed by atoms with van der Waals surface area (Å²) in [6.45, 7) is 2.81. The van der Waals surface area contributed by atoms with E-state index in [1.165, 1.54) is 30.3 Å². The molecular formula is C21H21FN2O2. The Kier molecular flexibility index (Phi) is 7.38. The molecule has 0 saturated heterocycles. The summed E-state index contributed by atoms with van der Waals surface area (Å²) in [6.07, 6.45) is 4.79. The molecule has 5 heteroatoms. The summed E-state index contributed by atoms with van der Waals surface area (Å²) in [5.74, 6) is -0.178. The zero-order valence-electron chi connectivity index (χ0n) is 14.7. The van der Waals surface area contributed by atoms with Crippen LogP contribution < -0.4 is 10.1 Å². The number of hydrogen-bond donors (Lipinski definition) is 1.